The number of hydrogen-bond acceptors (Lipinski definition) is 5. The monoisotopic (exact) mass is 433 g/mol. The van der Waals surface area contributed by atoms with Gasteiger partial charge in [-0.2, -0.15) is 4.31 Å². The van der Waals surface area contributed by atoms with Crippen molar-refractivity contribution in [1.82, 2.24) is 9.62 Å². The van der Waals surface area contributed by atoms with Crippen LogP contribution in [0.25, 0.3) is 0 Å². The molecule has 2 amide bonds. The number of hydrogen-bond donors (Lipinski definition) is 2. The van der Waals surface area contributed by atoms with Crippen LogP contribution in [0, 0.1) is 0 Å². The van der Waals surface area contributed by atoms with Crippen molar-refractivity contribution in [2.24, 2.45) is 0 Å². The van der Waals surface area contributed by atoms with Gasteiger partial charge in [0.1, 0.15) is 0 Å². The zero-order valence-corrected chi connectivity index (χ0v) is 18.2. The zero-order chi connectivity index (χ0) is 22.1. The molecule has 8 nitrogen and oxygen atoms in total. The van der Waals surface area contributed by atoms with Gasteiger partial charge in [0, 0.05) is 30.9 Å². The molecule has 2 rings (SSSR count). The number of benzene rings is 2. The SMILES string of the molecule is CCOC(=O)Nc1cccc(C(=O)NCc2ccc(S(=O)(=O)N(CC)CC)cc2)c1. The lowest BCUT2D eigenvalue weighted by atomic mass is 10.1. The predicted octanol–water partition coefficient (Wildman–Crippen LogP) is 3.22. The van der Waals surface area contributed by atoms with E-state index in [1.807, 2.05) is 0 Å². The van der Waals surface area contributed by atoms with Gasteiger partial charge in [-0.3, -0.25) is 10.1 Å². The molecule has 162 valence electrons. The molecule has 0 spiro atoms. The van der Waals surface area contributed by atoms with Gasteiger partial charge in [-0.25, -0.2) is 13.2 Å². The molecule has 0 radical (unpaired) electrons. The summed E-state index contributed by atoms with van der Waals surface area (Å²) >= 11 is 0. The predicted molar refractivity (Wildman–Crippen MR) is 115 cm³/mol. The Hall–Kier alpha value is -2.91. The Morgan fingerprint density at radius 2 is 1.67 bits per heavy atom. The van der Waals surface area contributed by atoms with Crippen molar-refractivity contribution in [2.75, 3.05) is 25.0 Å². The molecule has 0 aromatic heterocycles. The summed E-state index contributed by atoms with van der Waals surface area (Å²) < 4.78 is 31.3. The second-order valence-corrected chi connectivity index (χ2v) is 8.28. The first-order valence-corrected chi connectivity index (χ1v) is 11.2. The summed E-state index contributed by atoms with van der Waals surface area (Å²) in [7, 11) is -3.51. The van der Waals surface area contributed by atoms with Gasteiger partial charge >= 0.3 is 6.09 Å². The number of rotatable bonds is 9. The van der Waals surface area contributed by atoms with E-state index in [1.54, 1.807) is 69.3 Å². The third-order valence-corrected chi connectivity index (χ3v) is 6.43. The molecule has 2 N–H and O–H groups in total. The number of ether oxygens (including phenoxy) is 1. The molecule has 0 unspecified atom stereocenters. The van der Waals surface area contributed by atoms with Crippen LogP contribution in [0.3, 0.4) is 0 Å². The minimum Gasteiger partial charge on any atom is -0.450 e. The Labute approximate surface area is 177 Å². The summed E-state index contributed by atoms with van der Waals surface area (Å²) in [5.41, 5.74) is 1.60. The summed E-state index contributed by atoms with van der Waals surface area (Å²) in [6.07, 6.45) is -0.588. The molecular weight excluding hydrogens is 406 g/mol. The quantitative estimate of drug-likeness (QED) is 0.632. The molecule has 0 aliphatic carbocycles. The number of nitrogens with zero attached hydrogens (tertiary/aromatic N) is 1. The Morgan fingerprint density at radius 3 is 2.27 bits per heavy atom. The molecular formula is C21H27N3O5S. The maximum atomic E-state index is 12.5. The molecule has 0 saturated heterocycles. The van der Waals surface area contributed by atoms with Gasteiger partial charge in [-0.05, 0) is 42.8 Å². The average Bonchev–Trinajstić information content (AvgIpc) is 2.73. The molecule has 0 heterocycles. The maximum absolute atomic E-state index is 12.5. The van der Waals surface area contributed by atoms with E-state index in [4.69, 9.17) is 4.74 Å². The van der Waals surface area contributed by atoms with Gasteiger partial charge in [0.15, 0.2) is 0 Å². The van der Waals surface area contributed by atoms with Crippen LogP contribution in [-0.2, 0) is 21.3 Å². The number of sulfonamides is 1. The fourth-order valence-corrected chi connectivity index (χ4v) is 4.26. The van der Waals surface area contributed by atoms with Crippen LogP contribution in [0.1, 0.15) is 36.7 Å². The maximum Gasteiger partial charge on any atom is 0.411 e. The van der Waals surface area contributed by atoms with Crippen LogP contribution in [0.2, 0.25) is 0 Å². The van der Waals surface area contributed by atoms with Gasteiger partial charge in [-0.1, -0.05) is 32.0 Å². The standard InChI is InChI=1S/C21H27N3O5S/c1-4-24(5-2)30(27,28)19-12-10-16(11-13-19)15-22-20(25)17-8-7-9-18(14-17)23-21(26)29-6-3/h7-14H,4-6,15H2,1-3H3,(H,22,25)(H,23,26). The summed E-state index contributed by atoms with van der Waals surface area (Å²) in [4.78, 5) is 24.1. The molecule has 2 aromatic rings. The van der Waals surface area contributed by atoms with E-state index < -0.39 is 16.1 Å². The topological polar surface area (TPSA) is 105 Å². The van der Waals surface area contributed by atoms with Crippen molar-refractivity contribution in [1.29, 1.82) is 0 Å². The highest BCUT2D eigenvalue weighted by atomic mass is 32.2. The van der Waals surface area contributed by atoms with Gasteiger partial charge in [0.2, 0.25) is 10.0 Å². The lowest BCUT2D eigenvalue weighted by Gasteiger charge is -2.18. The highest BCUT2D eigenvalue weighted by molar-refractivity contribution is 7.89. The van der Waals surface area contributed by atoms with Crippen molar-refractivity contribution in [2.45, 2.75) is 32.2 Å². The van der Waals surface area contributed by atoms with E-state index >= 15 is 0 Å². The van der Waals surface area contributed by atoms with Crippen LogP contribution in [0.5, 0.6) is 0 Å². The summed E-state index contributed by atoms with van der Waals surface area (Å²) in [5, 5.41) is 5.33. The summed E-state index contributed by atoms with van der Waals surface area (Å²) in [6, 6.07) is 12.9. The first-order valence-electron chi connectivity index (χ1n) is 9.72. The van der Waals surface area contributed by atoms with E-state index in [0.29, 0.717) is 24.3 Å². The number of nitrogens with one attached hydrogen (secondary N) is 2. The average molecular weight is 434 g/mol. The van der Waals surface area contributed by atoms with E-state index in [1.165, 1.54) is 4.31 Å². The first-order chi connectivity index (χ1) is 14.3. The number of carbonyl (C=O) groups is 2. The Kier molecular flexibility index (Phi) is 8.37. The molecule has 0 saturated carbocycles. The molecule has 0 bridgehead atoms. The zero-order valence-electron chi connectivity index (χ0n) is 17.3. The lowest BCUT2D eigenvalue weighted by Crippen LogP contribution is -2.30. The van der Waals surface area contributed by atoms with Gasteiger partial charge in [0.25, 0.3) is 5.91 Å². The molecule has 0 aliphatic heterocycles. The Bertz CT molecular complexity index is 970. The van der Waals surface area contributed by atoms with Crippen molar-refractivity contribution >= 4 is 27.7 Å². The van der Waals surface area contributed by atoms with E-state index in [9.17, 15) is 18.0 Å². The van der Waals surface area contributed by atoms with Crippen LogP contribution in [-0.4, -0.2) is 44.4 Å². The van der Waals surface area contributed by atoms with Crippen LogP contribution < -0.4 is 10.6 Å². The molecule has 2 aromatic carbocycles. The van der Waals surface area contributed by atoms with Crippen LogP contribution >= 0.6 is 0 Å². The fourth-order valence-electron chi connectivity index (χ4n) is 2.80. The van der Waals surface area contributed by atoms with Crippen molar-refractivity contribution in [3.63, 3.8) is 0 Å². The number of anilines is 1. The van der Waals surface area contributed by atoms with Gasteiger partial charge < -0.3 is 10.1 Å². The van der Waals surface area contributed by atoms with E-state index in [-0.39, 0.29) is 24.0 Å². The smallest absolute Gasteiger partial charge is 0.411 e. The van der Waals surface area contributed by atoms with Crippen molar-refractivity contribution in [3.8, 4) is 0 Å². The minimum atomic E-state index is -3.51. The van der Waals surface area contributed by atoms with E-state index in [0.717, 1.165) is 5.56 Å². The Balaban J connectivity index is 2.01. The summed E-state index contributed by atoms with van der Waals surface area (Å²) in [5.74, 6) is -0.317. The molecule has 30 heavy (non-hydrogen) atoms. The molecule has 0 aliphatic rings. The lowest BCUT2D eigenvalue weighted by molar-refractivity contribution is 0.0950. The number of amides is 2. The summed E-state index contributed by atoms with van der Waals surface area (Å²) in [6.45, 7) is 6.59. The Morgan fingerprint density at radius 1 is 1.00 bits per heavy atom. The minimum absolute atomic E-state index is 0.221. The second-order valence-electron chi connectivity index (χ2n) is 6.34. The number of carbonyl (C=O) groups excluding carboxylic acids is 2. The van der Waals surface area contributed by atoms with E-state index in [2.05, 4.69) is 10.6 Å². The fraction of sp³-hybridized carbons (Fsp3) is 0.333. The van der Waals surface area contributed by atoms with Crippen molar-refractivity contribution < 1.29 is 22.7 Å². The van der Waals surface area contributed by atoms with Gasteiger partial charge in [0.05, 0.1) is 11.5 Å². The van der Waals surface area contributed by atoms with Crippen LogP contribution in [0.4, 0.5) is 10.5 Å². The highest BCUT2D eigenvalue weighted by Gasteiger charge is 2.21. The third kappa shape index (κ3) is 6.04. The van der Waals surface area contributed by atoms with Gasteiger partial charge in [-0.15, -0.1) is 0 Å². The normalized spacial score (nSPS) is 11.2. The largest absolute Gasteiger partial charge is 0.450 e. The molecule has 0 fully saturated rings. The second kappa shape index (κ2) is 10.7. The molecule has 9 heteroatoms. The van der Waals surface area contributed by atoms with Crippen molar-refractivity contribution in [3.05, 3.63) is 59.7 Å². The third-order valence-electron chi connectivity index (χ3n) is 4.37. The first kappa shape index (κ1) is 23.4. The molecule has 0 atom stereocenters. The van der Waals surface area contributed by atoms with Crippen LogP contribution in [0.15, 0.2) is 53.4 Å². The highest BCUT2D eigenvalue weighted by Crippen LogP contribution is 2.16.